The molecule has 0 atom stereocenters. The summed E-state index contributed by atoms with van der Waals surface area (Å²) in [5.74, 6) is 0. The number of hydrogen-bond donors (Lipinski definition) is 3. The predicted molar refractivity (Wildman–Crippen MR) is 133 cm³/mol. The Balaban J connectivity index is 0.000000320. The maximum absolute atomic E-state index is 12.5. The van der Waals surface area contributed by atoms with Crippen LogP contribution in [0.4, 0.5) is 35.0 Å². The fourth-order valence-electron chi connectivity index (χ4n) is 3.17. The Bertz CT molecular complexity index is 1070. The van der Waals surface area contributed by atoms with E-state index in [0.29, 0.717) is 12.1 Å². The zero-order valence-corrected chi connectivity index (χ0v) is 19.5. The van der Waals surface area contributed by atoms with Gasteiger partial charge in [0.25, 0.3) is 0 Å². The number of halogens is 3. The molecule has 0 radical (unpaired) electrons. The van der Waals surface area contributed by atoms with Crippen LogP contribution in [0.25, 0.3) is 0 Å². The van der Waals surface area contributed by atoms with Crippen molar-refractivity contribution in [3.63, 3.8) is 0 Å². The summed E-state index contributed by atoms with van der Waals surface area (Å²) in [7, 11) is 0. The fourth-order valence-corrected chi connectivity index (χ4v) is 4.16. The highest BCUT2D eigenvalue weighted by atomic mass is 32.2. The van der Waals surface area contributed by atoms with Gasteiger partial charge in [0.05, 0.1) is 5.56 Å². The number of para-hydroxylation sites is 1. The minimum Gasteiger partial charge on any atom is -0.329 e. The number of hydrogen-bond acceptors (Lipinski definition) is 4. The van der Waals surface area contributed by atoms with Crippen molar-refractivity contribution in [3.05, 3.63) is 84.4 Å². The van der Waals surface area contributed by atoms with Crippen LogP contribution in [-0.4, -0.2) is 29.8 Å². The van der Waals surface area contributed by atoms with E-state index in [4.69, 9.17) is 0 Å². The Hall–Kier alpha value is -3.50. The number of rotatable bonds is 6. The molecule has 3 N–H and O–H groups in total. The molecular weight excluding hydrogens is 477 g/mol. The van der Waals surface area contributed by atoms with E-state index in [9.17, 15) is 22.8 Å². The molecule has 1 heterocycles. The molecule has 1 saturated heterocycles. The third kappa shape index (κ3) is 8.99. The largest absolute Gasteiger partial charge is 0.416 e. The standard InChI is InChI=1S/C18H18F3N3OS.C7H7NO/c19-18(20,21)13-3-5-14(6-4-13)22-17(25)23-15-7-9-16(10-8-15)26-24-11-1-2-12-24;9-6-8-7-4-2-1-3-5-7/h3-10H,1-2,11-12H2,(H2,22,23,25);1-6H,(H,8,9). The van der Waals surface area contributed by atoms with Gasteiger partial charge < -0.3 is 16.0 Å². The SMILES string of the molecule is O=C(Nc1ccc(SN2CCCC2)cc1)Nc1ccc(C(F)(F)F)cc1.O=CNc1ccccc1. The van der Waals surface area contributed by atoms with Crippen LogP contribution >= 0.6 is 11.9 Å². The molecule has 0 aromatic heterocycles. The molecule has 1 fully saturated rings. The minimum atomic E-state index is -4.39. The molecule has 4 rings (SSSR count). The average Bonchev–Trinajstić information content (AvgIpc) is 3.35. The summed E-state index contributed by atoms with van der Waals surface area (Å²) >= 11 is 1.70. The summed E-state index contributed by atoms with van der Waals surface area (Å²) in [4.78, 5) is 22.9. The quantitative estimate of drug-likeness (QED) is 0.259. The molecule has 1 aliphatic rings. The van der Waals surface area contributed by atoms with E-state index in [1.807, 2.05) is 42.5 Å². The van der Waals surface area contributed by atoms with Gasteiger partial charge in [-0.05, 0) is 85.5 Å². The fraction of sp³-hybridized carbons (Fsp3) is 0.200. The highest BCUT2D eigenvalue weighted by molar-refractivity contribution is 7.97. The van der Waals surface area contributed by atoms with Crippen molar-refractivity contribution >= 4 is 41.5 Å². The molecule has 1 aliphatic heterocycles. The van der Waals surface area contributed by atoms with Gasteiger partial charge in [-0.2, -0.15) is 13.2 Å². The summed E-state index contributed by atoms with van der Waals surface area (Å²) < 4.78 is 39.9. The molecule has 0 unspecified atom stereocenters. The molecule has 3 aromatic carbocycles. The summed E-state index contributed by atoms with van der Waals surface area (Å²) in [5, 5.41) is 7.70. The van der Waals surface area contributed by atoms with Crippen LogP contribution < -0.4 is 16.0 Å². The van der Waals surface area contributed by atoms with Crippen molar-refractivity contribution in [2.75, 3.05) is 29.0 Å². The summed E-state index contributed by atoms with van der Waals surface area (Å²) in [6.45, 7) is 2.17. The number of alkyl halides is 3. The zero-order valence-electron chi connectivity index (χ0n) is 18.7. The monoisotopic (exact) mass is 502 g/mol. The van der Waals surface area contributed by atoms with Crippen LogP contribution in [0, 0.1) is 0 Å². The lowest BCUT2D eigenvalue weighted by atomic mass is 10.2. The van der Waals surface area contributed by atoms with Crippen LogP contribution in [0.3, 0.4) is 0 Å². The topological polar surface area (TPSA) is 73.5 Å². The van der Waals surface area contributed by atoms with E-state index < -0.39 is 17.8 Å². The number of anilines is 3. The van der Waals surface area contributed by atoms with Gasteiger partial charge in [-0.1, -0.05) is 18.2 Å². The van der Waals surface area contributed by atoms with E-state index in [1.54, 1.807) is 24.1 Å². The summed E-state index contributed by atoms with van der Waals surface area (Å²) in [6, 6.07) is 20.5. The van der Waals surface area contributed by atoms with Crippen LogP contribution in [0.2, 0.25) is 0 Å². The first kappa shape index (κ1) is 26.1. The Morgan fingerprint density at radius 1 is 0.800 bits per heavy atom. The number of carbonyl (C=O) groups is 2. The van der Waals surface area contributed by atoms with Gasteiger partial charge >= 0.3 is 12.2 Å². The average molecular weight is 503 g/mol. The molecule has 0 spiro atoms. The molecule has 3 aromatic rings. The van der Waals surface area contributed by atoms with Gasteiger partial charge in [0, 0.05) is 35.0 Å². The Morgan fingerprint density at radius 3 is 1.86 bits per heavy atom. The second-order valence-electron chi connectivity index (χ2n) is 7.53. The van der Waals surface area contributed by atoms with Crippen molar-refractivity contribution < 1.29 is 22.8 Å². The Morgan fingerprint density at radius 2 is 1.34 bits per heavy atom. The molecule has 0 aliphatic carbocycles. The van der Waals surface area contributed by atoms with Gasteiger partial charge in [0.1, 0.15) is 0 Å². The summed E-state index contributed by atoms with van der Waals surface area (Å²) in [6.07, 6.45) is -1.29. The third-order valence-corrected chi connectivity index (χ3v) is 5.99. The van der Waals surface area contributed by atoms with Gasteiger partial charge in [-0.3, -0.25) is 4.79 Å². The van der Waals surface area contributed by atoms with Crippen LogP contribution in [0.1, 0.15) is 18.4 Å². The van der Waals surface area contributed by atoms with E-state index in [1.165, 1.54) is 25.0 Å². The first-order valence-corrected chi connectivity index (χ1v) is 11.6. The van der Waals surface area contributed by atoms with Crippen molar-refractivity contribution in [1.29, 1.82) is 0 Å². The number of nitrogens with one attached hydrogen (secondary N) is 3. The van der Waals surface area contributed by atoms with Gasteiger partial charge in [0.2, 0.25) is 6.41 Å². The lowest BCUT2D eigenvalue weighted by molar-refractivity contribution is -0.137. The lowest BCUT2D eigenvalue weighted by Gasteiger charge is -2.13. The van der Waals surface area contributed by atoms with E-state index >= 15 is 0 Å². The highest BCUT2D eigenvalue weighted by Crippen LogP contribution is 2.30. The van der Waals surface area contributed by atoms with Gasteiger partial charge in [-0.25, -0.2) is 9.10 Å². The third-order valence-electron chi connectivity index (χ3n) is 4.88. The lowest BCUT2D eigenvalue weighted by Crippen LogP contribution is -2.19. The number of urea groups is 1. The maximum atomic E-state index is 12.5. The van der Waals surface area contributed by atoms with Crippen LogP contribution in [-0.2, 0) is 11.0 Å². The molecule has 3 amide bonds. The number of nitrogens with zero attached hydrogens (tertiary/aromatic N) is 1. The van der Waals surface area contributed by atoms with Crippen LogP contribution in [0.5, 0.6) is 0 Å². The Kier molecular flexibility index (Phi) is 9.56. The molecule has 184 valence electrons. The van der Waals surface area contributed by atoms with E-state index in [-0.39, 0.29) is 5.69 Å². The minimum absolute atomic E-state index is 0.289. The normalized spacial score (nSPS) is 13.3. The predicted octanol–water partition coefficient (Wildman–Crippen LogP) is 6.71. The van der Waals surface area contributed by atoms with E-state index in [0.717, 1.165) is 35.8 Å². The molecular formula is C25H25F3N4O2S. The van der Waals surface area contributed by atoms with Crippen molar-refractivity contribution in [2.45, 2.75) is 23.9 Å². The number of benzene rings is 3. The molecule has 35 heavy (non-hydrogen) atoms. The van der Waals surface area contributed by atoms with Crippen molar-refractivity contribution in [1.82, 2.24) is 4.31 Å². The van der Waals surface area contributed by atoms with Gasteiger partial charge in [-0.15, -0.1) is 0 Å². The molecule has 6 nitrogen and oxygen atoms in total. The maximum Gasteiger partial charge on any atom is 0.416 e. The van der Waals surface area contributed by atoms with Gasteiger partial charge in [0.15, 0.2) is 0 Å². The number of amides is 3. The first-order valence-electron chi connectivity index (χ1n) is 10.9. The summed E-state index contributed by atoms with van der Waals surface area (Å²) in [5.41, 5.74) is 0.971. The van der Waals surface area contributed by atoms with Crippen molar-refractivity contribution in [3.8, 4) is 0 Å². The first-order chi connectivity index (χ1) is 16.8. The van der Waals surface area contributed by atoms with Crippen LogP contribution in [0.15, 0.2) is 83.8 Å². The molecule has 0 bridgehead atoms. The smallest absolute Gasteiger partial charge is 0.329 e. The second-order valence-corrected chi connectivity index (χ2v) is 8.70. The molecule has 0 saturated carbocycles. The second kappa shape index (κ2) is 12.8. The molecule has 10 heteroatoms. The van der Waals surface area contributed by atoms with E-state index in [2.05, 4.69) is 20.3 Å². The van der Waals surface area contributed by atoms with Crippen molar-refractivity contribution in [2.24, 2.45) is 0 Å². The zero-order chi connectivity index (χ0) is 25.1. The Labute approximate surface area is 206 Å². The highest BCUT2D eigenvalue weighted by Gasteiger charge is 2.30. The number of carbonyl (C=O) groups excluding carboxylic acids is 2.